The SMILES string of the molecule is COc1ccccc1N1N=C(c2ccccc2)C[C@@H]1c1ccccc1. The summed E-state index contributed by atoms with van der Waals surface area (Å²) in [6, 6.07) is 29.1. The molecule has 1 aliphatic rings. The van der Waals surface area contributed by atoms with Crippen LogP contribution in [0.4, 0.5) is 5.69 Å². The summed E-state index contributed by atoms with van der Waals surface area (Å²) in [5, 5.41) is 7.06. The third kappa shape index (κ3) is 3.01. The number of hydrogen-bond donors (Lipinski definition) is 0. The number of ether oxygens (including phenoxy) is 1. The molecule has 124 valence electrons. The Morgan fingerprint density at radius 1 is 0.840 bits per heavy atom. The highest BCUT2D eigenvalue weighted by atomic mass is 16.5. The van der Waals surface area contributed by atoms with Crippen molar-refractivity contribution in [1.29, 1.82) is 0 Å². The van der Waals surface area contributed by atoms with Crippen LogP contribution in [-0.4, -0.2) is 12.8 Å². The fourth-order valence-corrected chi connectivity index (χ4v) is 3.29. The minimum absolute atomic E-state index is 0.160. The van der Waals surface area contributed by atoms with Crippen molar-refractivity contribution in [2.45, 2.75) is 12.5 Å². The molecule has 0 spiro atoms. The highest BCUT2D eigenvalue weighted by Gasteiger charge is 2.31. The Labute approximate surface area is 148 Å². The van der Waals surface area contributed by atoms with E-state index < -0.39 is 0 Å². The van der Waals surface area contributed by atoms with Gasteiger partial charge in [0.2, 0.25) is 0 Å². The molecule has 3 heteroatoms. The first kappa shape index (κ1) is 15.5. The van der Waals surface area contributed by atoms with Gasteiger partial charge < -0.3 is 4.74 Å². The molecule has 0 aliphatic carbocycles. The van der Waals surface area contributed by atoms with Crippen LogP contribution in [-0.2, 0) is 0 Å². The van der Waals surface area contributed by atoms with E-state index in [-0.39, 0.29) is 6.04 Å². The number of nitrogens with zero attached hydrogens (tertiary/aromatic N) is 2. The summed E-state index contributed by atoms with van der Waals surface area (Å²) in [7, 11) is 1.70. The Kier molecular flexibility index (Phi) is 4.21. The van der Waals surface area contributed by atoms with Crippen molar-refractivity contribution in [3.63, 3.8) is 0 Å². The quantitative estimate of drug-likeness (QED) is 0.669. The second-order valence-corrected chi connectivity index (χ2v) is 6.06. The minimum Gasteiger partial charge on any atom is -0.495 e. The van der Waals surface area contributed by atoms with Gasteiger partial charge in [0, 0.05) is 6.42 Å². The lowest BCUT2D eigenvalue weighted by atomic mass is 9.98. The molecule has 3 aromatic carbocycles. The molecular weight excluding hydrogens is 308 g/mol. The predicted octanol–water partition coefficient (Wildman–Crippen LogP) is 5.05. The third-order valence-corrected chi connectivity index (χ3v) is 4.53. The summed E-state index contributed by atoms with van der Waals surface area (Å²) in [4.78, 5) is 0. The van der Waals surface area contributed by atoms with Gasteiger partial charge in [-0.3, -0.25) is 5.01 Å². The van der Waals surface area contributed by atoms with E-state index in [1.165, 1.54) is 11.1 Å². The molecule has 0 fully saturated rings. The highest BCUT2D eigenvalue weighted by molar-refractivity contribution is 6.03. The smallest absolute Gasteiger partial charge is 0.144 e. The summed E-state index contributed by atoms with van der Waals surface area (Å²) < 4.78 is 5.57. The van der Waals surface area contributed by atoms with E-state index in [0.717, 1.165) is 23.6 Å². The first-order chi connectivity index (χ1) is 12.4. The summed E-state index contributed by atoms with van der Waals surface area (Å²) >= 11 is 0. The maximum Gasteiger partial charge on any atom is 0.144 e. The van der Waals surface area contributed by atoms with E-state index in [1.54, 1.807) is 7.11 Å². The average molecular weight is 328 g/mol. The molecule has 3 aromatic rings. The first-order valence-corrected chi connectivity index (χ1v) is 8.47. The number of methoxy groups -OCH3 is 1. The van der Waals surface area contributed by atoms with Gasteiger partial charge in [0.1, 0.15) is 11.4 Å². The third-order valence-electron chi connectivity index (χ3n) is 4.53. The Morgan fingerprint density at radius 3 is 2.20 bits per heavy atom. The van der Waals surface area contributed by atoms with E-state index in [4.69, 9.17) is 9.84 Å². The van der Waals surface area contributed by atoms with E-state index in [1.807, 2.05) is 30.3 Å². The van der Waals surface area contributed by atoms with Crippen LogP contribution >= 0.6 is 0 Å². The van der Waals surface area contributed by atoms with E-state index in [0.29, 0.717) is 0 Å². The normalized spacial score (nSPS) is 16.6. The monoisotopic (exact) mass is 328 g/mol. The van der Waals surface area contributed by atoms with Crippen LogP contribution < -0.4 is 9.75 Å². The Hall–Kier alpha value is -3.07. The molecule has 0 saturated carbocycles. The summed E-state index contributed by atoms with van der Waals surface area (Å²) in [5.41, 5.74) is 4.51. The molecule has 1 heterocycles. The number of hydrazone groups is 1. The van der Waals surface area contributed by atoms with Crippen molar-refractivity contribution in [2.24, 2.45) is 5.10 Å². The number of anilines is 1. The van der Waals surface area contributed by atoms with Gasteiger partial charge in [0.15, 0.2) is 0 Å². The molecule has 0 saturated heterocycles. The van der Waals surface area contributed by atoms with Gasteiger partial charge in [-0.05, 0) is 23.3 Å². The van der Waals surface area contributed by atoms with Crippen molar-refractivity contribution >= 4 is 11.4 Å². The van der Waals surface area contributed by atoms with Gasteiger partial charge in [-0.25, -0.2) is 0 Å². The van der Waals surface area contributed by atoms with Gasteiger partial charge in [0.05, 0.1) is 18.9 Å². The largest absolute Gasteiger partial charge is 0.495 e. The maximum absolute atomic E-state index is 5.57. The Balaban J connectivity index is 1.79. The van der Waals surface area contributed by atoms with E-state index in [2.05, 4.69) is 59.6 Å². The fraction of sp³-hybridized carbons (Fsp3) is 0.136. The summed E-state index contributed by atoms with van der Waals surface area (Å²) in [6.07, 6.45) is 0.867. The molecule has 0 amide bonds. The van der Waals surface area contributed by atoms with Gasteiger partial charge in [0.25, 0.3) is 0 Å². The van der Waals surface area contributed by atoms with Crippen molar-refractivity contribution in [2.75, 3.05) is 12.1 Å². The van der Waals surface area contributed by atoms with Gasteiger partial charge in [-0.15, -0.1) is 0 Å². The molecule has 25 heavy (non-hydrogen) atoms. The average Bonchev–Trinajstić information content (AvgIpc) is 3.14. The lowest BCUT2D eigenvalue weighted by Gasteiger charge is -2.25. The molecule has 0 N–H and O–H groups in total. The Morgan fingerprint density at radius 2 is 1.48 bits per heavy atom. The molecule has 0 unspecified atom stereocenters. The molecule has 0 aromatic heterocycles. The maximum atomic E-state index is 5.57. The first-order valence-electron chi connectivity index (χ1n) is 8.47. The molecule has 4 rings (SSSR count). The fourth-order valence-electron chi connectivity index (χ4n) is 3.29. The van der Waals surface area contributed by atoms with E-state index in [9.17, 15) is 0 Å². The predicted molar refractivity (Wildman–Crippen MR) is 102 cm³/mol. The number of benzene rings is 3. The zero-order valence-electron chi connectivity index (χ0n) is 14.2. The van der Waals surface area contributed by atoms with Crippen molar-refractivity contribution < 1.29 is 4.74 Å². The number of rotatable bonds is 4. The van der Waals surface area contributed by atoms with Crippen LogP contribution in [0.2, 0.25) is 0 Å². The zero-order chi connectivity index (χ0) is 17.1. The van der Waals surface area contributed by atoms with Crippen LogP contribution in [0, 0.1) is 0 Å². The minimum atomic E-state index is 0.160. The zero-order valence-corrected chi connectivity index (χ0v) is 14.2. The van der Waals surface area contributed by atoms with Crippen LogP contribution in [0.3, 0.4) is 0 Å². The topological polar surface area (TPSA) is 24.8 Å². The van der Waals surface area contributed by atoms with E-state index >= 15 is 0 Å². The van der Waals surface area contributed by atoms with Crippen LogP contribution in [0.15, 0.2) is 90.0 Å². The molecule has 1 atom stereocenters. The van der Waals surface area contributed by atoms with Crippen LogP contribution in [0.25, 0.3) is 0 Å². The highest BCUT2D eigenvalue weighted by Crippen LogP contribution is 2.40. The van der Waals surface area contributed by atoms with Crippen molar-refractivity contribution in [3.8, 4) is 5.75 Å². The molecule has 0 radical (unpaired) electrons. The molecule has 1 aliphatic heterocycles. The lowest BCUT2D eigenvalue weighted by Crippen LogP contribution is -2.19. The Bertz CT molecular complexity index is 875. The van der Waals surface area contributed by atoms with Crippen LogP contribution in [0.5, 0.6) is 5.75 Å². The van der Waals surface area contributed by atoms with Gasteiger partial charge >= 0.3 is 0 Å². The standard InChI is InChI=1S/C22H20N2O/c1-25-22-15-9-8-14-20(22)24-21(18-12-6-3-7-13-18)16-19(23-24)17-10-4-2-5-11-17/h2-15,21H,16H2,1H3/t21-/m1/s1. The second kappa shape index (κ2) is 6.81. The van der Waals surface area contributed by atoms with Crippen LogP contribution in [0.1, 0.15) is 23.6 Å². The molecule has 0 bridgehead atoms. The van der Waals surface area contributed by atoms with Gasteiger partial charge in [-0.2, -0.15) is 5.10 Å². The molecule has 3 nitrogen and oxygen atoms in total. The van der Waals surface area contributed by atoms with Gasteiger partial charge in [-0.1, -0.05) is 72.8 Å². The second-order valence-electron chi connectivity index (χ2n) is 6.06. The van der Waals surface area contributed by atoms with Crippen molar-refractivity contribution in [3.05, 3.63) is 96.1 Å². The van der Waals surface area contributed by atoms with Crippen molar-refractivity contribution in [1.82, 2.24) is 0 Å². The number of para-hydroxylation sites is 2. The summed E-state index contributed by atoms with van der Waals surface area (Å²) in [5.74, 6) is 0.835. The summed E-state index contributed by atoms with van der Waals surface area (Å²) in [6.45, 7) is 0. The number of hydrogen-bond acceptors (Lipinski definition) is 3. The lowest BCUT2D eigenvalue weighted by molar-refractivity contribution is 0.413. The molecular formula is C22H20N2O.